The van der Waals surface area contributed by atoms with Gasteiger partial charge >= 0.3 is 11.9 Å². The van der Waals surface area contributed by atoms with Crippen molar-refractivity contribution in [2.45, 2.75) is 0 Å². The lowest BCUT2D eigenvalue weighted by Crippen LogP contribution is -2.21. The molecule has 0 aliphatic rings. The van der Waals surface area contributed by atoms with Gasteiger partial charge in [-0.05, 0) is 30.3 Å². The molecule has 2 aromatic rings. The first-order valence-corrected chi connectivity index (χ1v) is 7.30. The molecule has 0 aliphatic heterocycles. The van der Waals surface area contributed by atoms with Crippen LogP contribution in [-0.4, -0.2) is 36.5 Å². The van der Waals surface area contributed by atoms with Gasteiger partial charge in [0.1, 0.15) is 0 Å². The van der Waals surface area contributed by atoms with E-state index in [1.807, 2.05) is 0 Å². The van der Waals surface area contributed by atoms with Crippen molar-refractivity contribution in [3.05, 3.63) is 69.8 Å². The van der Waals surface area contributed by atoms with Gasteiger partial charge in [-0.15, -0.1) is 0 Å². The molecule has 0 radical (unpaired) electrons. The topological polar surface area (TPSA) is 125 Å². The van der Waals surface area contributed by atoms with Crippen molar-refractivity contribution < 1.29 is 28.8 Å². The molecule has 0 saturated heterocycles. The van der Waals surface area contributed by atoms with Gasteiger partial charge in [-0.2, -0.15) is 0 Å². The average molecular weight is 358 g/mol. The summed E-state index contributed by atoms with van der Waals surface area (Å²) in [6, 6.07) is 10.9. The number of nitrogens with zero attached hydrogens (tertiary/aromatic N) is 1. The van der Waals surface area contributed by atoms with Crippen LogP contribution in [0.5, 0.6) is 0 Å². The number of hydrogen-bond acceptors (Lipinski definition) is 7. The van der Waals surface area contributed by atoms with Gasteiger partial charge in [-0.3, -0.25) is 14.9 Å². The number of amides is 1. The molecular weight excluding hydrogens is 344 g/mol. The molecule has 9 nitrogen and oxygen atoms in total. The number of nitro benzene ring substituents is 1. The number of ether oxygens (including phenoxy) is 2. The number of hydrogen-bond donors (Lipinski definition) is 1. The number of nitrogens with one attached hydrogen (secondary N) is 1. The number of esters is 2. The zero-order valence-corrected chi connectivity index (χ0v) is 13.6. The van der Waals surface area contributed by atoms with Crippen molar-refractivity contribution in [1.82, 2.24) is 0 Å². The lowest BCUT2D eigenvalue weighted by molar-refractivity contribution is -0.384. The Morgan fingerprint density at radius 2 is 1.73 bits per heavy atom. The summed E-state index contributed by atoms with van der Waals surface area (Å²) in [7, 11) is 1.26. The highest BCUT2D eigenvalue weighted by molar-refractivity contribution is 5.96. The van der Waals surface area contributed by atoms with Gasteiger partial charge < -0.3 is 14.8 Å². The van der Waals surface area contributed by atoms with E-state index in [1.165, 1.54) is 49.6 Å². The Balaban J connectivity index is 1.90. The van der Waals surface area contributed by atoms with E-state index < -0.39 is 29.4 Å². The Hall–Kier alpha value is -3.75. The zero-order chi connectivity index (χ0) is 19.1. The summed E-state index contributed by atoms with van der Waals surface area (Å²) in [5.74, 6) is -1.96. The number of anilines is 1. The van der Waals surface area contributed by atoms with Gasteiger partial charge in [0.2, 0.25) is 0 Å². The van der Waals surface area contributed by atoms with Gasteiger partial charge in [0, 0.05) is 17.8 Å². The molecule has 26 heavy (non-hydrogen) atoms. The van der Waals surface area contributed by atoms with E-state index in [1.54, 1.807) is 0 Å². The third-order valence-electron chi connectivity index (χ3n) is 3.22. The van der Waals surface area contributed by atoms with E-state index in [0.717, 1.165) is 6.07 Å². The minimum Gasteiger partial charge on any atom is -0.465 e. The first kappa shape index (κ1) is 18.6. The third-order valence-corrected chi connectivity index (χ3v) is 3.22. The highest BCUT2D eigenvalue weighted by atomic mass is 16.6. The summed E-state index contributed by atoms with van der Waals surface area (Å²) >= 11 is 0. The van der Waals surface area contributed by atoms with Crippen molar-refractivity contribution in [2.75, 3.05) is 19.0 Å². The quantitative estimate of drug-likeness (QED) is 0.476. The summed E-state index contributed by atoms with van der Waals surface area (Å²) in [6.07, 6.45) is 0. The largest absolute Gasteiger partial charge is 0.465 e. The van der Waals surface area contributed by atoms with Crippen LogP contribution in [0.4, 0.5) is 11.4 Å². The minimum absolute atomic E-state index is 0.0329. The van der Waals surface area contributed by atoms with Crippen LogP contribution in [0, 0.1) is 10.1 Å². The predicted molar refractivity (Wildman–Crippen MR) is 89.8 cm³/mol. The van der Waals surface area contributed by atoms with Crippen molar-refractivity contribution >= 4 is 29.2 Å². The summed E-state index contributed by atoms with van der Waals surface area (Å²) < 4.78 is 9.39. The lowest BCUT2D eigenvalue weighted by Gasteiger charge is -2.07. The van der Waals surface area contributed by atoms with Crippen LogP contribution < -0.4 is 5.32 Å². The Labute approximate surface area is 147 Å². The van der Waals surface area contributed by atoms with Gasteiger partial charge in [-0.1, -0.05) is 6.07 Å². The number of benzene rings is 2. The third kappa shape index (κ3) is 4.87. The van der Waals surface area contributed by atoms with Crippen molar-refractivity contribution in [2.24, 2.45) is 0 Å². The maximum atomic E-state index is 11.9. The molecule has 0 fully saturated rings. The molecule has 0 spiro atoms. The fourth-order valence-corrected chi connectivity index (χ4v) is 1.97. The normalized spacial score (nSPS) is 9.88. The van der Waals surface area contributed by atoms with Crippen molar-refractivity contribution in [3.8, 4) is 0 Å². The fraction of sp³-hybridized carbons (Fsp3) is 0.118. The fourth-order valence-electron chi connectivity index (χ4n) is 1.97. The predicted octanol–water partition coefficient (Wildman–Crippen LogP) is 2.18. The second-order valence-electron chi connectivity index (χ2n) is 5.00. The number of carbonyl (C=O) groups excluding carboxylic acids is 3. The van der Waals surface area contributed by atoms with E-state index in [0.29, 0.717) is 11.3 Å². The second-order valence-corrected chi connectivity index (χ2v) is 5.00. The van der Waals surface area contributed by atoms with Gasteiger partial charge in [0.25, 0.3) is 11.6 Å². The van der Waals surface area contributed by atoms with E-state index in [4.69, 9.17) is 4.74 Å². The van der Waals surface area contributed by atoms with Gasteiger partial charge in [0.15, 0.2) is 6.61 Å². The maximum absolute atomic E-state index is 11.9. The molecule has 0 unspecified atom stereocenters. The number of non-ortho nitro benzene ring substituents is 1. The molecule has 9 heteroatoms. The summed E-state index contributed by atoms with van der Waals surface area (Å²) in [5.41, 5.74) is 0.431. The average Bonchev–Trinajstić information content (AvgIpc) is 2.66. The maximum Gasteiger partial charge on any atom is 0.338 e. The smallest absolute Gasteiger partial charge is 0.338 e. The Kier molecular flexibility index (Phi) is 5.99. The standard InChI is InChI=1S/C17H14N2O7/c1-25-16(21)11-5-7-13(8-6-11)18-15(20)10-26-17(22)12-3-2-4-14(9-12)19(23)24/h2-9H,10H2,1H3,(H,18,20). The Morgan fingerprint density at radius 1 is 1.04 bits per heavy atom. The second kappa shape index (κ2) is 8.38. The van der Waals surface area contributed by atoms with Crippen LogP contribution in [-0.2, 0) is 14.3 Å². The van der Waals surface area contributed by atoms with Gasteiger partial charge in [0.05, 0.1) is 23.2 Å². The molecule has 0 atom stereocenters. The van der Waals surface area contributed by atoms with Crippen molar-refractivity contribution in [3.63, 3.8) is 0 Å². The lowest BCUT2D eigenvalue weighted by atomic mass is 10.2. The molecule has 0 heterocycles. The Bertz CT molecular complexity index is 846. The molecule has 2 rings (SSSR count). The molecule has 134 valence electrons. The summed E-state index contributed by atoms with van der Waals surface area (Å²) in [5, 5.41) is 13.2. The van der Waals surface area contributed by atoms with Gasteiger partial charge in [-0.25, -0.2) is 9.59 Å². The molecular formula is C17H14N2O7. The number of nitro groups is 1. The number of methoxy groups -OCH3 is 1. The van der Waals surface area contributed by atoms with Crippen LogP contribution in [0.25, 0.3) is 0 Å². The number of rotatable bonds is 6. The zero-order valence-electron chi connectivity index (χ0n) is 13.6. The first-order valence-electron chi connectivity index (χ1n) is 7.30. The molecule has 0 aromatic heterocycles. The molecule has 1 N–H and O–H groups in total. The monoisotopic (exact) mass is 358 g/mol. The summed E-state index contributed by atoms with van der Waals surface area (Å²) in [6.45, 7) is -0.569. The van der Waals surface area contributed by atoms with Crippen LogP contribution in [0.15, 0.2) is 48.5 Å². The summed E-state index contributed by atoms with van der Waals surface area (Å²) in [4.78, 5) is 45.0. The van der Waals surface area contributed by atoms with Crippen LogP contribution in [0.2, 0.25) is 0 Å². The molecule has 0 bridgehead atoms. The SMILES string of the molecule is COC(=O)c1ccc(NC(=O)COC(=O)c2cccc([N+](=O)[O-])c2)cc1. The van der Waals surface area contributed by atoms with E-state index in [-0.39, 0.29) is 11.3 Å². The Morgan fingerprint density at radius 3 is 2.35 bits per heavy atom. The minimum atomic E-state index is -0.857. The van der Waals surface area contributed by atoms with Crippen LogP contribution in [0.1, 0.15) is 20.7 Å². The van der Waals surface area contributed by atoms with Crippen molar-refractivity contribution in [1.29, 1.82) is 0 Å². The molecule has 2 aromatic carbocycles. The highest BCUT2D eigenvalue weighted by Crippen LogP contribution is 2.14. The molecule has 0 aliphatic carbocycles. The van der Waals surface area contributed by atoms with Crippen LogP contribution in [0.3, 0.4) is 0 Å². The highest BCUT2D eigenvalue weighted by Gasteiger charge is 2.14. The van der Waals surface area contributed by atoms with E-state index in [9.17, 15) is 24.5 Å². The van der Waals surface area contributed by atoms with E-state index in [2.05, 4.69) is 10.1 Å². The van der Waals surface area contributed by atoms with Crippen LogP contribution >= 0.6 is 0 Å². The van der Waals surface area contributed by atoms with E-state index >= 15 is 0 Å². The number of carbonyl (C=O) groups is 3. The molecule has 1 amide bonds. The first-order chi connectivity index (χ1) is 12.4. The molecule has 0 saturated carbocycles.